The van der Waals surface area contributed by atoms with Crippen molar-refractivity contribution in [3.05, 3.63) is 70.1 Å². The molecule has 0 spiro atoms. The van der Waals surface area contributed by atoms with E-state index in [1.807, 2.05) is 44.2 Å². The maximum absolute atomic E-state index is 12.2. The highest BCUT2D eigenvalue weighted by Crippen LogP contribution is 2.21. The van der Waals surface area contributed by atoms with Crippen LogP contribution in [-0.4, -0.2) is 12.5 Å². The van der Waals surface area contributed by atoms with Gasteiger partial charge in [0.1, 0.15) is 11.3 Å². The standard InChI is InChI=1S/C20H19NO4/c1-3-24-16-7-4-14(5-8-16)11-19(22)21-15-6-9-17-13(2)10-20(23)25-18(17)12-15/h4-10,12H,3,11H2,1-2H3,(H,21,22). The summed E-state index contributed by atoms with van der Waals surface area (Å²) in [7, 11) is 0. The molecule has 1 aromatic heterocycles. The zero-order valence-corrected chi connectivity index (χ0v) is 14.2. The first-order chi connectivity index (χ1) is 12.0. The number of fused-ring (bicyclic) bond motifs is 1. The molecule has 0 saturated carbocycles. The van der Waals surface area contributed by atoms with E-state index in [9.17, 15) is 9.59 Å². The predicted octanol–water partition coefficient (Wildman–Crippen LogP) is 3.68. The van der Waals surface area contributed by atoms with Crippen molar-refractivity contribution in [2.45, 2.75) is 20.3 Å². The number of carbonyl (C=O) groups excluding carboxylic acids is 1. The van der Waals surface area contributed by atoms with Crippen molar-refractivity contribution in [2.75, 3.05) is 11.9 Å². The Balaban J connectivity index is 1.72. The van der Waals surface area contributed by atoms with Crippen LogP contribution in [0.15, 0.2) is 57.7 Å². The van der Waals surface area contributed by atoms with Gasteiger partial charge in [0.2, 0.25) is 5.91 Å². The second kappa shape index (κ2) is 7.21. The lowest BCUT2D eigenvalue weighted by Gasteiger charge is -2.08. The molecule has 1 amide bonds. The molecule has 0 saturated heterocycles. The van der Waals surface area contributed by atoms with Gasteiger partial charge in [-0.3, -0.25) is 4.79 Å². The molecular formula is C20H19NO4. The van der Waals surface area contributed by atoms with E-state index in [0.717, 1.165) is 22.3 Å². The molecule has 0 bridgehead atoms. The molecule has 0 aliphatic carbocycles. The summed E-state index contributed by atoms with van der Waals surface area (Å²) in [6, 6.07) is 14.2. The highest BCUT2D eigenvalue weighted by Gasteiger charge is 2.07. The molecule has 1 heterocycles. The molecule has 3 rings (SSSR count). The first-order valence-electron chi connectivity index (χ1n) is 8.11. The van der Waals surface area contributed by atoms with Crippen LogP contribution in [0.3, 0.4) is 0 Å². The van der Waals surface area contributed by atoms with Crippen LogP contribution in [0.2, 0.25) is 0 Å². The molecule has 1 N–H and O–H groups in total. The van der Waals surface area contributed by atoms with Crippen molar-refractivity contribution >= 4 is 22.6 Å². The van der Waals surface area contributed by atoms with E-state index in [1.165, 1.54) is 6.07 Å². The number of amides is 1. The summed E-state index contributed by atoms with van der Waals surface area (Å²) in [4.78, 5) is 23.7. The van der Waals surface area contributed by atoms with E-state index in [1.54, 1.807) is 12.1 Å². The van der Waals surface area contributed by atoms with Crippen molar-refractivity contribution in [1.82, 2.24) is 0 Å². The second-order valence-electron chi connectivity index (χ2n) is 5.76. The third-order valence-corrected chi connectivity index (χ3v) is 3.83. The summed E-state index contributed by atoms with van der Waals surface area (Å²) in [6.45, 7) is 4.38. The van der Waals surface area contributed by atoms with Crippen molar-refractivity contribution in [2.24, 2.45) is 0 Å². The summed E-state index contributed by atoms with van der Waals surface area (Å²) < 4.78 is 10.6. The molecule has 3 aromatic rings. The van der Waals surface area contributed by atoms with Gasteiger partial charge in [-0.25, -0.2) is 4.79 Å². The van der Waals surface area contributed by atoms with Crippen LogP contribution in [0.4, 0.5) is 5.69 Å². The Morgan fingerprint density at radius 2 is 1.88 bits per heavy atom. The van der Waals surface area contributed by atoms with Gasteiger partial charge in [-0.05, 0) is 49.2 Å². The maximum Gasteiger partial charge on any atom is 0.336 e. The fourth-order valence-electron chi connectivity index (χ4n) is 2.66. The molecule has 0 unspecified atom stereocenters. The highest BCUT2D eigenvalue weighted by molar-refractivity contribution is 5.94. The van der Waals surface area contributed by atoms with Gasteiger partial charge in [0.25, 0.3) is 0 Å². The van der Waals surface area contributed by atoms with E-state index in [2.05, 4.69) is 5.32 Å². The van der Waals surface area contributed by atoms with E-state index < -0.39 is 5.63 Å². The van der Waals surface area contributed by atoms with Crippen molar-refractivity contribution in [1.29, 1.82) is 0 Å². The quantitative estimate of drug-likeness (QED) is 0.721. The smallest absolute Gasteiger partial charge is 0.336 e. The summed E-state index contributed by atoms with van der Waals surface area (Å²) in [6.07, 6.45) is 0.252. The van der Waals surface area contributed by atoms with Gasteiger partial charge in [-0.2, -0.15) is 0 Å². The van der Waals surface area contributed by atoms with E-state index in [0.29, 0.717) is 17.9 Å². The van der Waals surface area contributed by atoms with Crippen LogP contribution in [-0.2, 0) is 11.2 Å². The lowest BCUT2D eigenvalue weighted by Crippen LogP contribution is -2.14. The van der Waals surface area contributed by atoms with Crippen LogP contribution in [0.25, 0.3) is 11.0 Å². The molecular weight excluding hydrogens is 318 g/mol. The number of nitrogens with one attached hydrogen (secondary N) is 1. The largest absolute Gasteiger partial charge is 0.494 e. The van der Waals surface area contributed by atoms with Gasteiger partial charge >= 0.3 is 5.63 Å². The third kappa shape index (κ3) is 4.07. The Bertz CT molecular complexity index is 958. The monoisotopic (exact) mass is 337 g/mol. The van der Waals surface area contributed by atoms with Crippen molar-refractivity contribution in [3.63, 3.8) is 0 Å². The minimum Gasteiger partial charge on any atom is -0.494 e. The van der Waals surface area contributed by atoms with E-state index in [4.69, 9.17) is 9.15 Å². The van der Waals surface area contributed by atoms with Crippen molar-refractivity contribution < 1.29 is 13.9 Å². The fourth-order valence-corrected chi connectivity index (χ4v) is 2.66. The highest BCUT2D eigenvalue weighted by atomic mass is 16.5. The van der Waals surface area contributed by atoms with E-state index >= 15 is 0 Å². The van der Waals surface area contributed by atoms with Crippen LogP contribution in [0.1, 0.15) is 18.1 Å². The summed E-state index contributed by atoms with van der Waals surface area (Å²) in [5.41, 5.74) is 2.39. The lowest BCUT2D eigenvalue weighted by molar-refractivity contribution is -0.115. The molecule has 0 atom stereocenters. The molecule has 5 heteroatoms. The molecule has 5 nitrogen and oxygen atoms in total. The predicted molar refractivity (Wildman–Crippen MR) is 97.2 cm³/mol. The lowest BCUT2D eigenvalue weighted by atomic mass is 10.1. The van der Waals surface area contributed by atoms with Gasteiger partial charge in [0.05, 0.1) is 13.0 Å². The average molecular weight is 337 g/mol. The average Bonchev–Trinajstić information content (AvgIpc) is 2.56. The minimum absolute atomic E-state index is 0.140. The fraction of sp³-hybridized carbons (Fsp3) is 0.200. The number of rotatable bonds is 5. The number of aryl methyl sites for hydroxylation is 1. The first-order valence-corrected chi connectivity index (χ1v) is 8.11. The summed E-state index contributed by atoms with van der Waals surface area (Å²) in [5, 5.41) is 3.68. The van der Waals surface area contributed by atoms with Crippen LogP contribution in [0, 0.1) is 6.92 Å². The number of hydrogen-bond donors (Lipinski definition) is 1. The SMILES string of the molecule is CCOc1ccc(CC(=O)Nc2ccc3c(C)cc(=O)oc3c2)cc1. The Morgan fingerprint density at radius 3 is 2.60 bits per heavy atom. The van der Waals surface area contributed by atoms with Crippen LogP contribution < -0.4 is 15.7 Å². The summed E-state index contributed by atoms with van der Waals surface area (Å²) in [5.74, 6) is 0.644. The minimum atomic E-state index is -0.400. The van der Waals surface area contributed by atoms with Gasteiger partial charge in [0, 0.05) is 23.2 Å². The van der Waals surface area contributed by atoms with Crippen LogP contribution in [0.5, 0.6) is 5.75 Å². The third-order valence-electron chi connectivity index (χ3n) is 3.83. The zero-order chi connectivity index (χ0) is 17.8. The Kier molecular flexibility index (Phi) is 4.84. The van der Waals surface area contributed by atoms with Gasteiger partial charge in [-0.15, -0.1) is 0 Å². The number of anilines is 1. The molecule has 0 radical (unpaired) electrons. The molecule has 0 fully saturated rings. The first kappa shape index (κ1) is 16.8. The number of hydrogen-bond acceptors (Lipinski definition) is 4. The topological polar surface area (TPSA) is 68.5 Å². The summed E-state index contributed by atoms with van der Waals surface area (Å²) >= 11 is 0. The Labute approximate surface area is 145 Å². The molecule has 2 aromatic carbocycles. The number of ether oxygens (including phenoxy) is 1. The number of benzene rings is 2. The molecule has 128 valence electrons. The van der Waals surface area contributed by atoms with E-state index in [-0.39, 0.29) is 12.3 Å². The van der Waals surface area contributed by atoms with Crippen LogP contribution >= 0.6 is 0 Å². The normalized spacial score (nSPS) is 10.6. The number of carbonyl (C=O) groups is 1. The molecule has 25 heavy (non-hydrogen) atoms. The van der Waals surface area contributed by atoms with Gasteiger partial charge in [0.15, 0.2) is 0 Å². The molecule has 0 aliphatic heterocycles. The molecule has 0 aliphatic rings. The van der Waals surface area contributed by atoms with Crippen molar-refractivity contribution in [3.8, 4) is 5.75 Å². The van der Waals surface area contributed by atoms with Gasteiger partial charge in [-0.1, -0.05) is 12.1 Å². The van der Waals surface area contributed by atoms with Gasteiger partial charge < -0.3 is 14.5 Å². The second-order valence-corrected chi connectivity index (χ2v) is 5.76. The maximum atomic E-state index is 12.2. The zero-order valence-electron chi connectivity index (χ0n) is 14.2. The Hall–Kier alpha value is -3.08. The Morgan fingerprint density at radius 1 is 1.12 bits per heavy atom.